The van der Waals surface area contributed by atoms with Gasteiger partial charge in [-0.1, -0.05) is 6.07 Å². The second-order valence-corrected chi connectivity index (χ2v) is 2.77. The van der Waals surface area contributed by atoms with E-state index < -0.39 is 0 Å². The van der Waals surface area contributed by atoms with Gasteiger partial charge in [-0.2, -0.15) is 0 Å². The van der Waals surface area contributed by atoms with Crippen molar-refractivity contribution in [2.75, 3.05) is 0 Å². The Kier molecular flexibility index (Phi) is 1.91. The van der Waals surface area contributed by atoms with Crippen molar-refractivity contribution < 1.29 is 4.42 Å². The lowest BCUT2D eigenvalue weighted by atomic mass is 10.3. The Hall–Kier alpha value is -1.53. The molecule has 0 saturated carbocycles. The minimum absolute atomic E-state index is 0.252. The normalized spacial score (nSPS) is 10.2. The highest BCUT2D eigenvalue weighted by Gasteiger charge is 2.04. The Morgan fingerprint density at radius 3 is 3.08 bits per heavy atom. The van der Waals surface area contributed by atoms with Gasteiger partial charge in [0.05, 0.1) is 18.0 Å². The third kappa shape index (κ3) is 1.36. The number of oxazole rings is 1. The maximum absolute atomic E-state index is 6.81. The largest absolute Gasteiger partial charge is 0.439 e. The van der Waals surface area contributed by atoms with Gasteiger partial charge in [0.1, 0.15) is 0 Å². The summed E-state index contributed by atoms with van der Waals surface area (Å²) in [5.41, 5.74) is 1.91. The molecule has 1 aromatic heterocycles. The molecule has 3 nitrogen and oxygen atoms in total. The summed E-state index contributed by atoms with van der Waals surface area (Å²) in [4.78, 5) is 7.39. The zero-order valence-corrected chi connectivity index (χ0v) is 7.38. The molecule has 0 atom stereocenters. The summed E-state index contributed by atoms with van der Waals surface area (Å²) in [5, 5.41) is 0. The van der Waals surface area contributed by atoms with E-state index in [0.29, 0.717) is 22.7 Å². The van der Waals surface area contributed by atoms with Crippen LogP contribution in [0.2, 0.25) is 0 Å². The van der Waals surface area contributed by atoms with Gasteiger partial charge >= 0.3 is 0 Å². The summed E-state index contributed by atoms with van der Waals surface area (Å²) in [6.07, 6.45) is 0. The van der Waals surface area contributed by atoms with Crippen molar-refractivity contribution in [2.45, 2.75) is 5.88 Å². The Bertz CT molecular complexity index is 484. The second kappa shape index (κ2) is 3.08. The predicted octanol–water partition coefficient (Wildman–Crippen LogP) is 3.12. The lowest BCUT2D eigenvalue weighted by Gasteiger charge is -1.85. The molecule has 0 fully saturated rings. The zero-order chi connectivity index (χ0) is 9.26. The smallest absolute Gasteiger partial charge is 0.210 e. The molecular formula is C9H5ClN2O. The van der Waals surface area contributed by atoms with Gasteiger partial charge in [0, 0.05) is 0 Å². The fraction of sp³-hybridized carbons (Fsp3) is 0.111. The molecule has 0 spiro atoms. The fourth-order valence-electron chi connectivity index (χ4n) is 1.09. The van der Waals surface area contributed by atoms with Crippen molar-refractivity contribution in [3.63, 3.8) is 0 Å². The monoisotopic (exact) mass is 192 g/mol. The van der Waals surface area contributed by atoms with E-state index in [1.54, 1.807) is 18.2 Å². The van der Waals surface area contributed by atoms with Crippen molar-refractivity contribution in [1.29, 1.82) is 0 Å². The molecule has 4 heteroatoms. The molecule has 0 N–H and O–H groups in total. The van der Waals surface area contributed by atoms with Gasteiger partial charge in [-0.05, 0) is 12.1 Å². The molecule has 0 aliphatic carbocycles. The van der Waals surface area contributed by atoms with E-state index in [1.807, 2.05) is 0 Å². The number of hydrogen-bond donors (Lipinski definition) is 0. The number of hydrogen-bond acceptors (Lipinski definition) is 2. The van der Waals surface area contributed by atoms with Gasteiger partial charge < -0.3 is 4.42 Å². The van der Waals surface area contributed by atoms with Gasteiger partial charge in [-0.15, -0.1) is 11.6 Å². The Morgan fingerprint density at radius 1 is 1.54 bits per heavy atom. The predicted molar refractivity (Wildman–Crippen MR) is 49.8 cm³/mol. The van der Waals surface area contributed by atoms with Crippen LogP contribution in [-0.2, 0) is 5.88 Å². The van der Waals surface area contributed by atoms with Crippen molar-refractivity contribution in [3.05, 3.63) is 35.5 Å². The van der Waals surface area contributed by atoms with Crippen LogP contribution >= 0.6 is 11.6 Å². The van der Waals surface area contributed by atoms with Crippen molar-refractivity contribution in [1.82, 2.24) is 4.98 Å². The maximum atomic E-state index is 6.81. The molecule has 0 unspecified atom stereocenters. The molecule has 2 rings (SSSR count). The standard InChI is InChI=1S/C9H5ClN2O/c1-11-6-2-3-8-7(4-6)12-9(5-10)13-8/h2-4H,5H2. The van der Waals surface area contributed by atoms with Crippen molar-refractivity contribution in [2.24, 2.45) is 0 Å². The second-order valence-electron chi connectivity index (χ2n) is 2.51. The topological polar surface area (TPSA) is 30.4 Å². The highest BCUT2D eigenvalue weighted by molar-refractivity contribution is 6.16. The summed E-state index contributed by atoms with van der Waals surface area (Å²) in [5.74, 6) is 0.737. The average molecular weight is 193 g/mol. The van der Waals surface area contributed by atoms with Crippen LogP contribution in [0, 0.1) is 6.57 Å². The number of benzene rings is 1. The zero-order valence-electron chi connectivity index (χ0n) is 6.62. The molecule has 0 radical (unpaired) electrons. The molecule has 0 aliphatic rings. The molecule has 0 bridgehead atoms. The van der Waals surface area contributed by atoms with Crippen LogP contribution in [0.15, 0.2) is 22.6 Å². The molecule has 13 heavy (non-hydrogen) atoms. The Labute approximate surface area is 79.8 Å². The van der Waals surface area contributed by atoms with E-state index >= 15 is 0 Å². The third-order valence-electron chi connectivity index (χ3n) is 1.66. The van der Waals surface area contributed by atoms with Crippen molar-refractivity contribution in [3.8, 4) is 0 Å². The molecule has 64 valence electrons. The molecule has 1 heterocycles. The number of rotatable bonds is 1. The number of halogens is 1. The van der Waals surface area contributed by atoms with Gasteiger partial charge in [-0.3, -0.25) is 0 Å². The minimum atomic E-state index is 0.252. The van der Waals surface area contributed by atoms with Crippen LogP contribution in [0.4, 0.5) is 5.69 Å². The van der Waals surface area contributed by atoms with E-state index in [4.69, 9.17) is 22.6 Å². The van der Waals surface area contributed by atoms with Crippen LogP contribution in [0.3, 0.4) is 0 Å². The number of aromatic nitrogens is 1. The average Bonchev–Trinajstić information content (AvgIpc) is 2.58. The highest BCUT2D eigenvalue weighted by Crippen LogP contribution is 2.22. The van der Waals surface area contributed by atoms with E-state index in [1.165, 1.54) is 0 Å². The van der Waals surface area contributed by atoms with Crippen LogP contribution in [0.25, 0.3) is 15.9 Å². The summed E-state index contributed by atoms with van der Waals surface area (Å²) >= 11 is 5.56. The molecular weight excluding hydrogens is 188 g/mol. The fourth-order valence-corrected chi connectivity index (χ4v) is 1.20. The lowest BCUT2D eigenvalue weighted by Crippen LogP contribution is -1.72. The first kappa shape index (κ1) is 8.09. The van der Waals surface area contributed by atoms with E-state index in [-0.39, 0.29) is 5.88 Å². The molecule has 0 aliphatic heterocycles. The molecule has 0 amide bonds. The minimum Gasteiger partial charge on any atom is -0.439 e. The number of alkyl halides is 1. The number of fused-ring (bicyclic) bond motifs is 1. The van der Waals surface area contributed by atoms with Gasteiger partial charge in [-0.25, -0.2) is 9.83 Å². The Balaban J connectivity index is 2.65. The quantitative estimate of drug-likeness (QED) is 0.513. The summed E-state index contributed by atoms with van der Waals surface area (Å²) in [7, 11) is 0. The van der Waals surface area contributed by atoms with E-state index in [9.17, 15) is 0 Å². The van der Waals surface area contributed by atoms with Crippen LogP contribution in [-0.4, -0.2) is 4.98 Å². The van der Waals surface area contributed by atoms with Crippen LogP contribution in [0.1, 0.15) is 5.89 Å². The summed E-state index contributed by atoms with van der Waals surface area (Å²) in [6.45, 7) is 6.81. The van der Waals surface area contributed by atoms with Gasteiger partial charge in [0.25, 0.3) is 0 Å². The number of nitrogens with zero attached hydrogens (tertiary/aromatic N) is 2. The lowest BCUT2D eigenvalue weighted by molar-refractivity contribution is 0.555. The van der Waals surface area contributed by atoms with Crippen LogP contribution in [0.5, 0.6) is 0 Å². The SMILES string of the molecule is [C-]#[N+]c1ccc2oc(CCl)nc2c1. The molecule has 1 aromatic carbocycles. The van der Waals surface area contributed by atoms with Crippen LogP contribution < -0.4 is 0 Å². The first-order chi connectivity index (χ1) is 6.33. The first-order valence-electron chi connectivity index (χ1n) is 3.66. The third-order valence-corrected chi connectivity index (χ3v) is 1.89. The Morgan fingerprint density at radius 2 is 2.38 bits per heavy atom. The first-order valence-corrected chi connectivity index (χ1v) is 4.20. The van der Waals surface area contributed by atoms with Gasteiger partial charge in [0.2, 0.25) is 5.89 Å². The molecule has 0 saturated heterocycles. The van der Waals surface area contributed by atoms with Gasteiger partial charge in [0.15, 0.2) is 11.3 Å². The van der Waals surface area contributed by atoms with E-state index in [0.717, 1.165) is 0 Å². The highest BCUT2D eigenvalue weighted by atomic mass is 35.5. The maximum Gasteiger partial charge on any atom is 0.210 e. The van der Waals surface area contributed by atoms with Crippen molar-refractivity contribution >= 4 is 28.4 Å². The summed E-state index contributed by atoms with van der Waals surface area (Å²) in [6, 6.07) is 5.10. The summed E-state index contributed by atoms with van der Waals surface area (Å²) < 4.78 is 5.27. The molecule has 2 aromatic rings. The van der Waals surface area contributed by atoms with E-state index in [2.05, 4.69) is 9.83 Å².